The van der Waals surface area contributed by atoms with Crippen LogP contribution in [0.2, 0.25) is 0 Å². The van der Waals surface area contributed by atoms with E-state index < -0.39 is 0 Å². The highest BCUT2D eigenvalue weighted by molar-refractivity contribution is 5.46. The summed E-state index contributed by atoms with van der Waals surface area (Å²) in [4.78, 5) is 2.56. The van der Waals surface area contributed by atoms with Crippen LogP contribution in [0, 0.1) is 0 Å². The number of ether oxygens (including phenoxy) is 1. The molecule has 3 nitrogen and oxygen atoms in total. The van der Waals surface area contributed by atoms with Crippen molar-refractivity contribution in [3.05, 3.63) is 29.8 Å². The average Bonchev–Trinajstić information content (AvgIpc) is 3.01. The Morgan fingerprint density at radius 2 is 1.90 bits per heavy atom. The first kappa shape index (κ1) is 14.9. The molecule has 1 N–H and O–H groups in total. The number of hydrogen-bond donors (Lipinski definition) is 1. The van der Waals surface area contributed by atoms with E-state index in [4.69, 9.17) is 4.74 Å². The zero-order valence-corrected chi connectivity index (χ0v) is 13.2. The molecule has 0 aromatic heterocycles. The van der Waals surface area contributed by atoms with E-state index in [0.29, 0.717) is 12.1 Å². The van der Waals surface area contributed by atoms with E-state index in [1.807, 2.05) is 7.11 Å². The Morgan fingerprint density at radius 1 is 1.14 bits per heavy atom. The Labute approximate surface area is 128 Å². The summed E-state index contributed by atoms with van der Waals surface area (Å²) in [5, 5.41) is 3.72. The third-order valence-electron chi connectivity index (χ3n) is 4.91. The minimum absolute atomic E-state index is 0.476. The molecule has 2 fully saturated rings. The lowest BCUT2D eigenvalue weighted by atomic mass is 9.93. The van der Waals surface area contributed by atoms with Gasteiger partial charge in [-0.2, -0.15) is 0 Å². The van der Waals surface area contributed by atoms with E-state index in [1.54, 1.807) is 0 Å². The highest BCUT2D eigenvalue weighted by atomic mass is 16.5. The fourth-order valence-corrected chi connectivity index (χ4v) is 3.64. The third kappa shape index (κ3) is 4.21. The molecule has 0 radical (unpaired) electrons. The molecule has 0 unspecified atom stereocenters. The summed E-state index contributed by atoms with van der Waals surface area (Å²) >= 11 is 0. The molecular weight excluding hydrogens is 260 g/mol. The lowest BCUT2D eigenvalue weighted by Gasteiger charge is -2.29. The fourth-order valence-electron chi connectivity index (χ4n) is 3.64. The zero-order chi connectivity index (χ0) is 14.5. The van der Waals surface area contributed by atoms with Gasteiger partial charge in [0, 0.05) is 25.4 Å². The summed E-state index contributed by atoms with van der Waals surface area (Å²) in [5.74, 6) is 0. The molecule has 1 saturated carbocycles. The van der Waals surface area contributed by atoms with Crippen LogP contribution in [-0.2, 0) is 11.3 Å². The molecule has 3 rings (SSSR count). The van der Waals surface area contributed by atoms with Crippen molar-refractivity contribution in [2.45, 2.75) is 57.2 Å². The first-order valence-electron chi connectivity index (χ1n) is 8.44. The molecule has 1 aliphatic heterocycles. The van der Waals surface area contributed by atoms with Gasteiger partial charge >= 0.3 is 0 Å². The number of nitrogens with zero attached hydrogens (tertiary/aromatic N) is 1. The van der Waals surface area contributed by atoms with Crippen molar-refractivity contribution in [3.8, 4) is 0 Å². The summed E-state index contributed by atoms with van der Waals surface area (Å²) in [7, 11) is 1.83. The Bertz CT molecular complexity index is 435. The predicted molar refractivity (Wildman–Crippen MR) is 87.6 cm³/mol. The standard InChI is InChI=1S/C18H28N2O/c1-21-18-9-7-16(8-10-18)19-17-6-4-5-15(13-17)14-20-11-2-3-12-20/h4-6,13,16,18-19H,2-3,7-12,14H2,1H3. The van der Waals surface area contributed by atoms with E-state index in [0.717, 1.165) is 6.54 Å². The Balaban J connectivity index is 1.53. The molecule has 1 aromatic carbocycles. The summed E-state index contributed by atoms with van der Waals surface area (Å²) in [5.41, 5.74) is 2.72. The molecule has 1 saturated heterocycles. The average molecular weight is 288 g/mol. The van der Waals surface area contributed by atoms with Crippen molar-refractivity contribution in [2.24, 2.45) is 0 Å². The fraction of sp³-hybridized carbons (Fsp3) is 0.667. The second-order valence-electron chi connectivity index (χ2n) is 6.54. The Hall–Kier alpha value is -1.06. The summed E-state index contributed by atoms with van der Waals surface area (Å²) < 4.78 is 5.45. The SMILES string of the molecule is COC1CCC(Nc2cccc(CN3CCCC3)c2)CC1. The van der Waals surface area contributed by atoms with Crippen LogP contribution in [0.25, 0.3) is 0 Å². The summed E-state index contributed by atoms with van der Waals surface area (Å²) in [6, 6.07) is 9.59. The largest absolute Gasteiger partial charge is 0.382 e. The zero-order valence-electron chi connectivity index (χ0n) is 13.2. The number of nitrogens with one attached hydrogen (secondary N) is 1. The van der Waals surface area contributed by atoms with Gasteiger partial charge < -0.3 is 10.1 Å². The van der Waals surface area contributed by atoms with Gasteiger partial charge in [-0.1, -0.05) is 12.1 Å². The van der Waals surface area contributed by atoms with Crippen molar-refractivity contribution in [1.29, 1.82) is 0 Å². The molecule has 116 valence electrons. The minimum atomic E-state index is 0.476. The van der Waals surface area contributed by atoms with Crippen molar-refractivity contribution in [2.75, 3.05) is 25.5 Å². The molecule has 0 bridgehead atoms. The van der Waals surface area contributed by atoms with Crippen LogP contribution in [0.1, 0.15) is 44.1 Å². The normalized spacial score (nSPS) is 26.9. The van der Waals surface area contributed by atoms with Gasteiger partial charge in [0.15, 0.2) is 0 Å². The first-order chi connectivity index (χ1) is 10.3. The van der Waals surface area contributed by atoms with Crippen LogP contribution in [0.15, 0.2) is 24.3 Å². The van der Waals surface area contributed by atoms with Crippen LogP contribution in [0.3, 0.4) is 0 Å². The van der Waals surface area contributed by atoms with Gasteiger partial charge in [-0.3, -0.25) is 4.90 Å². The van der Waals surface area contributed by atoms with Crippen LogP contribution in [0.4, 0.5) is 5.69 Å². The lowest BCUT2D eigenvalue weighted by molar-refractivity contribution is 0.0682. The molecule has 2 aliphatic rings. The van der Waals surface area contributed by atoms with Crippen molar-refractivity contribution < 1.29 is 4.74 Å². The minimum Gasteiger partial charge on any atom is -0.382 e. The van der Waals surface area contributed by atoms with E-state index in [-0.39, 0.29) is 0 Å². The second kappa shape index (κ2) is 7.28. The van der Waals surface area contributed by atoms with Crippen molar-refractivity contribution in [3.63, 3.8) is 0 Å². The highest BCUT2D eigenvalue weighted by Gasteiger charge is 2.20. The third-order valence-corrected chi connectivity index (χ3v) is 4.91. The number of rotatable bonds is 5. The van der Waals surface area contributed by atoms with Crippen LogP contribution >= 0.6 is 0 Å². The molecule has 1 aliphatic carbocycles. The maximum Gasteiger partial charge on any atom is 0.0572 e. The smallest absolute Gasteiger partial charge is 0.0572 e. The number of likely N-dealkylation sites (tertiary alicyclic amines) is 1. The lowest BCUT2D eigenvalue weighted by Crippen LogP contribution is -2.29. The van der Waals surface area contributed by atoms with Gasteiger partial charge in [-0.25, -0.2) is 0 Å². The van der Waals surface area contributed by atoms with E-state index in [9.17, 15) is 0 Å². The molecule has 3 heteroatoms. The monoisotopic (exact) mass is 288 g/mol. The molecule has 21 heavy (non-hydrogen) atoms. The molecule has 1 aromatic rings. The predicted octanol–water partition coefficient (Wildman–Crippen LogP) is 3.65. The van der Waals surface area contributed by atoms with Crippen LogP contribution in [-0.4, -0.2) is 37.2 Å². The maximum atomic E-state index is 5.45. The van der Waals surface area contributed by atoms with Crippen molar-refractivity contribution in [1.82, 2.24) is 4.90 Å². The number of anilines is 1. The molecule has 0 spiro atoms. The topological polar surface area (TPSA) is 24.5 Å². The number of methoxy groups -OCH3 is 1. The maximum absolute atomic E-state index is 5.45. The number of benzene rings is 1. The highest BCUT2D eigenvalue weighted by Crippen LogP contribution is 2.24. The van der Waals surface area contributed by atoms with Gasteiger partial charge in [0.1, 0.15) is 0 Å². The first-order valence-corrected chi connectivity index (χ1v) is 8.44. The second-order valence-corrected chi connectivity index (χ2v) is 6.54. The summed E-state index contributed by atoms with van der Waals surface area (Å²) in [6.45, 7) is 3.63. The molecule has 0 amide bonds. The summed E-state index contributed by atoms with van der Waals surface area (Å²) in [6.07, 6.45) is 8.00. The van der Waals surface area contributed by atoms with Gasteiger partial charge in [0.05, 0.1) is 6.10 Å². The van der Waals surface area contributed by atoms with Gasteiger partial charge in [0.2, 0.25) is 0 Å². The van der Waals surface area contributed by atoms with Crippen molar-refractivity contribution >= 4 is 5.69 Å². The van der Waals surface area contributed by atoms with Crippen LogP contribution in [0.5, 0.6) is 0 Å². The quantitative estimate of drug-likeness (QED) is 0.895. The van der Waals surface area contributed by atoms with Gasteiger partial charge in [0.25, 0.3) is 0 Å². The van der Waals surface area contributed by atoms with Gasteiger partial charge in [-0.05, 0) is 69.3 Å². The van der Waals surface area contributed by atoms with E-state index in [1.165, 1.54) is 62.9 Å². The Morgan fingerprint density at radius 3 is 2.62 bits per heavy atom. The van der Waals surface area contributed by atoms with Gasteiger partial charge in [-0.15, -0.1) is 0 Å². The van der Waals surface area contributed by atoms with Crippen LogP contribution < -0.4 is 5.32 Å². The molecule has 1 heterocycles. The molecular formula is C18H28N2O. The number of hydrogen-bond acceptors (Lipinski definition) is 3. The van der Waals surface area contributed by atoms with E-state index >= 15 is 0 Å². The molecule has 0 atom stereocenters. The van der Waals surface area contributed by atoms with E-state index in [2.05, 4.69) is 34.5 Å². The Kier molecular flexibility index (Phi) is 5.15.